The molecule has 4 N–H and O–H groups in total. The van der Waals surface area contributed by atoms with E-state index in [1.165, 1.54) is 0 Å². The molecule has 0 bridgehead atoms. The van der Waals surface area contributed by atoms with Gasteiger partial charge >= 0.3 is 0 Å². The normalized spacial score (nSPS) is 26.6. The van der Waals surface area contributed by atoms with Gasteiger partial charge in [-0.2, -0.15) is 0 Å². The number of anilines is 1. The molecule has 3 unspecified atom stereocenters. The first kappa shape index (κ1) is 26.2. The molecule has 10 heteroatoms. The first-order chi connectivity index (χ1) is 18.8. The van der Waals surface area contributed by atoms with Gasteiger partial charge in [0.25, 0.3) is 5.91 Å². The number of halogens is 1. The largest absolute Gasteiger partial charge is 0.380 e. The summed E-state index contributed by atoms with van der Waals surface area (Å²) in [5.74, 6) is -1.26. The minimum absolute atomic E-state index is 0.0649. The Labute approximate surface area is 226 Å². The van der Waals surface area contributed by atoms with Gasteiger partial charge < -0.3 is 25.6 Å². The number of hydrogen-bond acceptors (Lipinski definition) is 7. The molecule has 39 heavy (non-hydrogen) atoms. The molecule has 3 saturated heterocycles. The first-order valence-electron chi connectivity index (χ1n) is 13.8. The Bertz CT molecular complexity index is 1260. The second-order valence-electron chi connectivity index (χ2n) is 11.2. The van der Waals surface area contributed by atoms with E-state index in [0.717, 1.165) is 55.8 Å². The van der Waals surface area contributed by atoms with Crippen LogP contribution < -0.4 is 10.6 Å². The zero-order chi connectivity index (χ0) is 27.1. The van der Waals surface area contributed by atoms with E-state index in [1.807, 2.05) is 6.07 Å². The number of carbonyl (C=O) groups excluding carboxylic acids is 2. The topological polar surface area (TPSA) is 114 Å². The van der Waals surface area contributed by atoms with Crippen LogP contribution >= 0.6 is 0 Å². The lowest BCUT2D eigenvalue weighted by atomic mass is 9.88. The Balaban J connectivity index is 1.10. The fraction of sp³-hybridized carbons (Fsp3) is 0.517. The van der Waals surface area contributed by atoms with E-state index >= 15 is 4.39 Å². The van der Waals surface area contributed by atoms with E-state index in [4.69, 9.17) is 4.74 Å². The van der Waals surface area contributed by atoms with Gasteiger partial charge in [-0.1, -0.05) is 18.2 Å². The number of likely N-dealkylation sites (tertiary alicyclic amines) is 1. The van der Waals surface area contributed by atoms with Gasteiger partial charge in [0.2, 0.25) is 5.91 Å². The highest BCUT2D eigenvalue weighted by atomic mass is 19.1. The molecule has 2 amide bonds. The van der Waals surface area contributed by atoms with Crippen molar-refractivity contribution in [3.63, 3.8) is 0 Å². The van der Waals surface area contributed by atoms with Crippen LogP contribution in [-0.2, 0) is 22.6 Å². The molecular formula is C29H35FN4O5. The fourth-order valence-electron chi connectivity index (χ4n) is 6.48. The number of benzene rings is 2. The number of nitrogens with one attached hydrogen (secondary N) is 2. The quantitative estimate of drug-likeness (QED) is 0.447. The van der Waals surface area contributed by atoms with Crippen molar-refractivity contribution in [2.24, 2.45) is 0 Å². The van der Waals surface area contributed by atoms with Crippen LogP contribution in [0.4, 0.5) is 10.1 Å². The molecule has 0 aliphatic carbocycles. The molecule has 2 aromatic rings. The van der Waals surface area contributed by atoms with Crippen molar-refractivity contribution in [3.8, 4) is 0 Å². The summed E-state index contributed by atoms with van der Waals surface area (Å²) >= 11 is 0. The van der Waals surface area contributed by atoms with Crippen molar-refractivity contribution in [2.45, 2.75) is 75.7 Å². The van der Waals surface area contributed by atoms with E-state index in [1.54, 1.807) is 30.3 Å². The van der Waals surface area contributed by atoms with E-state index < -0.39 is 30.3 Å². The summed E-state index contributed by atoms with van der Waals surface area (Å²) < 4.78 is 21.1. The first-order valence-corrected chi connectivity index (χ1v) is 13.8. The van der Waals surface area contributed by atoms with Crippen molar-refractivity contribution >= 4 is 17.5 Å². The summed E-state index contributed by atoms with van der Waals surface area (Å²) in [5.41, 5.74) is 2.64. The average Bonchev–Trinajstić information content (AvgIpc) is 3.48. The molecule has 4 aliphatic rings. The molecular weight excluding hydrogens is 503 g/mol. The van der Waals surface area contributed by atoms with Crippen molar-refractivity contribution < 1.29 is 28.9 Å². The molecule has 208 valence electrons. The third-order valence-electron chi connectivity index (χ3n) is 8.70. The lowest BCUT2D eigenvalue weighted by Gasteiger charge is -2.38. The molecule has 4 heterocycles. The number of nitrogens with zero attached hydrogens (tertiary/aromatic N) is 2. The van der Waals surface area contributed by atoms with Gasteiger partial charge in [-0.15, -0.1) is 0 Å². The van der Waals surface area contributed by atoms with E-state index in [-0.39, 0.29) is 30.8 Å². The Kier molecular flexibility index (Phi) is 7.05. The van der Waals surface area contributed by atoms with E-state index in [2.05, 4.69) is 15.5 Å². The Hall–Kier alpha value is -3.05. The second-order valence-corrected chi connectivity index (χ2v) is 11.2. The number of aliphatic hydroxyl groups is 2. The Morgan fingerprint density at radius 2 is 1.92 bits per heavy atom. The number of fused-ring (bicyclic) bond motifs is 1. The van der Waals surface area contributed by atoms with Crippen molar-refractivity contribution in [3.05, 3.63) is 64.5 Å². The summed E-state index contributed by atoms with van der Waals surface area (Å²) in [6.07, 6.45) is 2.59. The highest BCUT2D eigenvalue weighted by molar-refractivity contribution is 6.03. The van der Waals surface area contributed by atoms with Crippen LogP contribution in [0.2, 0.25) is 0 Å². The van der Waals surface area contributed by atoms with Crippen LogP contribution in [0.25, 0.3) is 0 Å². The van der Waals surface area contributed by atoms with Gasteiger partial charge in [-0.25, -0.2) is 4.39 Å². The summed E-state index contributed by atoms with van der Waals surface area (Å²) in [7, 11) is 0. The van der Waals surface area contributed by atoms with Gasteiger partial charge in [0.1, 0.15) is 18.1 Å². The molecule has 3 atom stereocenters. The lowest BCUT2D eigenvalue weighted by molar-refractivity contribution is -0.136. The lowest BCUT2D eigenvalue weighted by Crippen LogP contribution is -2.54. The predicted molar refractivity (Wildman–Crippen MR) is 141 cm³/mol. The van der Waals surface area contributed by atoms with E-state index in [0.29, 0.717) is 28.9 Å². The summed E-state index contributed by atoms with van der Waals surface area (Å²) in [6, 6.07) is 9.46. The molecule has 4 aliphatic heterocycles. The van der Waals surface area contributed by atoms with Crippen molar-refractivity contribution in [2.75, 3.05) is 25.0 Å². The third-order valence-corrected chi connectivity index (χ3v) is 8.70. The number of amides is 2. The molecule has 9 nitrogen and oxygen atoms in total. The zero-order valence-electron chi connectivity index (χ0n) is 21.9. The molecule has 0 radical (unpaired) electrons. The number of piperidine rings is 2. The summed E-state index contributed by atoms with van der Waals surface area (Å²) in [5, 5.41) is 26.4. The number of ether oxygens (including phenoxy) is 1. The Morgan fingerprint density at radius 3 is 2.64 bits per heavy atom. The second kappa shape index (κ2) is 10.5. The number of aliphatic hydroxyl groups excluding tert-OH is 2. The smallest absolute Gasteiger partial charge is 0.257 e. The molecule has 1 spiro atoms. The number of carbonyl (C=O) groups is 2. The SMILES string of the molecule is O=C1NC(O)CCC1N1C(=O)c2cccc(NCc3ccc(CN4CCC5(CCCO5)CC4)cc3F)c2C1O. The highest BCUT2D eigenvalue weighted by Gasteiger charge is 2.45. The van der Waals surface area contributed by atoms with Gasteiger partial charge in [0.15, 0.2) is 6.23 Å². The van der Waals surface area contributed by atoms with Gasteiger partial charge in [0.05, 0.1) is 5.60 Å². The predicted octanol–water partition coefficient (Wildman–Crippen LogP) is 2.63. The van der Waals surface area contributed by atoms with Crippen LogP contribution in [0, 0.1) is 5.82 Å². The monoisotopic (exact) mass is 538 g/mol. The van der Waals surface area contributed by atoms with Gasteiger partial charge in [0, 0.05) is 55.2 Å². The van der Waals surface area contributed by atoms with Crippen LogP contribution in [0.5, 0.6) is 0 Å². The van der Waals surface area contributed by atoms with Crippen molar-refractivity contribution in [1.29, 1.82) is 0 Å². The van der Waals surface area contributed by atoms with Gasteiger partial charge in [-0.05, 0) is 62.3 Å². The van der Waals surface area contributed by atoms with Crippen LogP contribution in [0.1, 0.15) is 71.8 Å². The maximum Gasteiger partial charge on any atom is 0.257 e. The minimum atomic E-state index is -1.33. The van der Waals surface area contributed by atoms with Crippen LogP contribution in [0.3, 0.4) is 0 Å². The minimum Gasteiger partial charge on any atom is -0.380 e. The molecule has 3 fully saturated rings. The van der Waals surface area contributed by atoms with Crippen LogP contribution in [-0.4, -0.2) is 69.4 Å². The zero-order valence-corrected chi connectivity index (χ0v) is 21.9. The molecule has 6 rings (SSSR count). The van der Waals surface area contributed by atoms with Crippen molar-refractivity contribution in [1.82, 2.24) is 15.1 Å². The maximum atomic E-state index is 15.1. The Morgan fingerprint density at radius 1 is 1.10 bits per heavy atom. The third kappa shape index (κ3) is 5.02. The van der Waals surface area contributed by atoms with Gasteiger partial charge in [-0.3, -0.25) is 19.4 Å². The average molecular weight is 539 g/mol. The molecule has 0 saturated carbocycles. The summed E-state index contributed by atoms with van der Waals surface area (Å²) in [6.45, 7) is 3.63. The highest BCUT2D eigenvalue weighted by Crippen LogP contribution is 2.40. The fourth-order valence-corrected chi connectivity index (χ4v) is 6.48. The maximum absolute atomic E-state index is 15.1. The molecule has 2 aromatic carbocycles. The summed E-state index contributed by atoms with van der Waals surface area (Å²) in [4.78, 5) is 29.1. The van der Waals surface area contributed by atoms with Crippen LogP contribution in [0.15, 0.2) is 36.4 Å². The van der Waals surface area contributed by atoms with E-state index in [9.17, 15) is 19.8 Å². The number of rotatable bonds is 6. The standard InChI is InChI=1S/C29H35FN4O5/c30-21-15-18(17-33-12-10-29(11-13-33)9-2-14-39-29)5-6-19(21)16-31-22-4-1-3-20-25(22)28(38)34(27(20)37)23-7-8-24(35)32-26(23)36/h1,3-6,15,23-24,28,31,35,38H,2,7-14,16-17H2,(H,32,36). The number of hydrogen-bond donors (Lipinski definition) is 4. The molecule has 0 aromatic heterocycles.